The minimum Gasteiger partial charge on any atom is -0.509 e. The Labute approximate surface area is 410 Å². The van der Waals surface area contributed by atoms with Crippen LogP contribution in [0.15, 0.2) is 235 Å². The Morgan fingerprint density at radius 3 is 1.81 bits per heavy atom. The number of hydrogen-bond donors (Lipinski definition) is 0. The summed E-state index contributed by atoms with van der Waals surface area (Å²) in [5.41, 5.74) is 12.6. The normalized spacial score (nSPS) is 13.6. The zero-order valence-electron chi connectivity index (χ0n) is 38.1. The molecule has 334 valence electrons. The van der Waals surface area contributed by atoms with E-state index in [9.17, 15) is 0 Å². The average Bonchev–Trinajstić information content (AvgIpc) is 3.59. The van der Waals surface area contributed by atoms with Crippen LogP contribution in [-0.4, -0.2) is 4.98 Å². The number of ether oxygens (including phenoxy) is 1. The topological polar surface area (TPSA) is 31.8 Å². The van der Waals surface area contributed by atoms with Gasteiger partial charge in [0.1, 0.15) is 5.82 Å². The monoisotopic (exact) mass is 1050 g/mol. The molecule has 1 aliphatic carbocycles. The fraction of sp³-hybridized carbons (Fsp3) is 0.115. The summed E-state index contributed by atoms with van der Waals surface area (Å²) in [7, 11) is 0. The summed E-state index contributed by atoms with van der Waals surface area (Å²) < 4.78 is 6.79. The van der Waals surface area contributed by atoms with Gasteiger partial charge in [-0.2, -0.15) is 6.07 Å². The van der Waals surface area contributed by atoms with Crippen molar-refractivity contribution in [2.24, 2.45) is 0 Å². The molecule has 67 heavy (non-hydrogen) atoms. The van der Waals surface area contributed by atoms with Crippen LogP contribution < -0.4 is 19.4 Å². The first-order valence-corrected chi connectivity index (χ1v) is 22.6. The van der Waals surface area contributed by atoms with Gasteiger partial charge in [0, 0.05) is 73.1 Å². The number of pyridine rings is 1. The molecular formula is C61H51N4OPt-3. The number of anilines is 6. The zero-order chi connectivity index (χ0) is 45.1. The van der Waals surface area contributed by atoms with Crippen LogP contribution in [-0.2, 0) is 31.9 Å². The quantitative estimate of drug-likeness (QED) is 0.114. The Morgan fingerprint density at radius 1 is 0.552 bits per heavy atom. The molecule has 7 aromatic carbocycles. The van der Waals surface area contributed by atoms with Gasteiger partial charge in [0.25, 0.3) is 0 Å². The number of benzene rings is 7. The number of rotatable bonds is 12. The molecule has 2 heterocycles. The van der Waals surface area contributed by atoms with E-state index in [0.29, 0.717) is 11.5 Å². The average molecular weight is 1050 g/mol. The van der Waals surface area contributed by atoms with Crippen molar-refractivity contribution in [3.63, 3.8) is 0 Å². The van der Waals surface area contributed by atoms with Crippen LogP contribution in [0.1, 0.15) is 45.2 Å². The van der Waals surface area contributed by atoms with E-state index in [4.69, 9.17) is 9.72 Å². The van der Waals surface area contributed by atoms with Crippen LogP contribution in [0.2, 0.25) is 0 Å². The van der Waals surface area contributed by atoms with E-state index in [1.807, 2.05) is 60.7 Å². The van der Waals surface area contributed by atoms with Crippen molar-refractivity contribution in [1.82, 2.24) is 4.98 Å². The minimum atomic E-state index is -0.282. The van der Waals surface area contributed by atoms with Crippen LogP contribution in [0.25, 0.3) is 11.1 Å². The molecule has 0 unspecified atom stereocenters. The summed E-state index contributed by atoms with van der Waals surface area (Å²) in [6, 6.07) is 74.4. The minimum absolute atomic E-state index is 0. The smallest absolute Gasteiger partial charge is 0.135 e. The third-order valence-corrected chi connectivity index (χ3v) is 12.8. The fourth-order valence-corrected chi connectivity index (χ4v) is 8.97. The van der Waals surface area contributed by atoms with E-state index < -0.39 is 0 Å². The Hall–Kier alpha value is -7.20. The SMILES string of the molecule is CC(C)(C1=CCC(N2[CH-]N(c3[c-]c(Oc4[c-]c(N(c5ccccc5)c5ccccn5)ccc4)cc(-c4ccccc4)c3)c3ccccc32)=CC(C(C)(C)c2ccccc2)=C1)c1ccccc1.[Pt]. The van der Waals surface area contributed by atoms with Gasteiger partial charge in [-0.25, -0.2) is 4.98 Å². The molecule has 0 amide bonds. The Kier molecular flexibility index (Phi) is 13.0. The molecule has 6 heteroatoms. The van der Waals surface area contributed by atoms with Crippen molar-refractivity contribution in [2.45, 2.75) is 44.9 Å². The summed E-state index contributed by atoms with van der Waals surface area (Å²) in [4.78, 5) is 11.4. The number of allylic oxidation sites excluding steroid dienone is 5. The van der Waals surface area contributed by atoms with E-state index >= 15 is 0 Å². The van der Waals surface area contributed by atoms with Crippen LogP contribution in [0, 0.1) is 18.8 Å². The molecule has 0 radical (unpaired) electrons. The molecule has 0 saturated heterocycles. The summed E-state index contributed by atoms with van der Waals surface area (Å²) in [5, 5.41) is 0. The van der Waals surface area contributed by atoms with Gasteiger partial charge in [0.2, 0.25) is 0 Å². The summed E-state index contributed by atoms with van der Waals surface area (Å²) >= 11 is 0. The zero-order valence-corrected chi connectivity index (χ0v) is 40.4. The summed E-state index contributed by atoms with van der Waals surface area (Å²) in [6.45, 7) is 11.6. The molecule has 0 atom stereocenters. The first-order chi connectivity index (χ1) is 32.2. The molecule has 0 spiro atoms. The van der Waals surface area contributed by atoms with Crippen molar-refractivity contribution in [1.29, 1.82) is 0 Å². The van der Waals surface area contributed by atoms with E-state index in [-0.39, 0.29) is 31.9 Å². The summed E-state index contributed by atoms with van der Waals surface area (Å²) in [5.74, 6) is 1.92. The third kappa shape index (κ3) is 9.30. The molecule has 1 aromatic heterocycles. The molecule has 0 fully saturated rings. The maximum atomic E-state index is 6.79. The third-order valence-electron chi connectivity index (χ3n) is 12.8. The van der Waals surface area contributed by atoms with Gasteiger partial charge < -0.3 is 19.4 Å². The fourth-order valence-electron chi connectivity index (χ4n) is 8.97. The van der Waals surface area contributed by atoms with Crippen LogP contribution in [0.4, 0.5) is 34.3 Å². The van der Waals surface area contributed by atoms with Crippen LogP contribution >= 0.6 is 0 Å². The van der Waals surface area contributed by atoms with Crippen LogP contribution in [0.3, 0.4) is 0 Å². The molecule has 2 aliphatic rings. The standard InChI is InChI=1S/C61H51N4O.Pt/c1-60(2,47-24-11-6-12-25-47)49-35-36-52(41-50(40-49)61(3,4)48-26-13-7-14-27-48)63-44-64(58-33-18-17-32-57(58)63)54-38-46(45-22-9-5-10-23-45)39-56(43-54)66-55-31-21-30-53(42-55)65(51-28-15-8-16-29-51)59-34-19-20-37-62-59;/h5-35,37-41,44H,36H2,1-4H3;/q-3;. The van der Waals surface area contributed by atoms with Crippen molar-refractivity contribution < 1.29 is 25.8 Å². The largest absolute Gasteiger partial charge is 0.509 e. The molecule has 1 aliphatic heterocycles. The van der Waals surface area contributed by atoms with Gasteiger partial charge in [0.05, 0.1) is 0 Å². The van der Waals surface area contributed by atoms with Gasteiger partial charge in [0.15, 0.2) is 0 Å². The number of para-hydroxylation sites is 3. The van der Waals surface area contributed by atoms with E-state index in [0.717, 1.165) is 51.8 Å². The summed E-state index contributed by atoms with van der Waals surface area (Å²) in [6.07, 6.45) is 9.83. The predicted molar refractivity (Wildman–Crippen MR) is 272 cm³/mol. The van der Waals surface area contributed by atoms with Crippen molar-refractivity contribution >= 4 is 34.3 Å². The number of aromatic nitrogens is 1. The van der Waals surface area contributed by atoms with E-state index in [2.05, 4.69) is 213 Å². The molecule has 0 bridgehead atoms. The molecular weight excluding hydrogens is 1000 g/mol. The second-order valence-corrected chi connectivity index (χ2v) is 17.8. The van der Waals surface area contributed by atoms with Crippen molar-refractivity contribution in [2.75, 3.05) is 14.7 Å². The molecule has 0 saturated carbocycles. The maximum Gasteiger partial charge on any atom is 0.135 e. The van der Waals surface area contributed by atoms with Crippen molar-refractivity contribution in [3.8, 4) is 22.6 Å². The Bertz CT molecular complexity index is 3020. The van der Waals surface area contributed by atoms with Gasteiger partial charge in [-0.05, 0) is 76.0 Å². The van der Waals surface area contributed by atoms with Crippen LogP contribution in [0.5, 0.6) is 11.5 Å². The second kappa shape index (κ2) is 19.3. The molecule has 5 nitrogen and oxygen atoms in total. The number of nitrogens with zero attached hydrogens (tertiary/aromatic N) is 4. The Morgan fingerprint density at radius 2 is 1.15 bits per heavy atom. The predicted octanol–water partition coefficient (Wildman–Crippen LogP) is 15.8. The maximum absolute atomic E-state index is 6.79. The number of fused-ring (bicyclic) bond motifs is 1. The first kappa shape index (κ1) is 45.0. The van der Waals surface area contributed by atoms with Gasteiger partial charge >= 0.3 is 0 Å². The molecule has 0 N–H and O–H groups in total. The van der Waals surface area contributed by atoms with E-state index in [1.54, 1.807) is 6.20 Å². The Balaban J connectivity index is 0.00000562. The van der Waals surface area contributed by atoms with Gasteiger partial charge in [-0.1, -0.05) is 173 Å². The first-order valence-electron chi connectivity index (χ1n) is 22.6. The molecule has 10 rings (SSSR count). The second-order valence-electron chi connectivity index (χ2n) is 17.8. The van der Waals surface area contributed by atoms with E-state index in [1.165, 1.54) is 28.0 Å². The number of hydrogen-bond acceptors (Lipinski definition) is 5. The molecule has 8 aromatic rings. The van der Waals surface area contributed by atoms with Gasteiger partial charge in [-0.15, -0.1) is 54.3 Å². The van der Waals surface area contributed by atoms with Crippen molar-refractivity contribution in [3.05, 3.63) is 265 Å². The van der Waals surface area contributed by atoms with Gasteiger partial charge in [-0.3, -0.25) is 0 Å².